The quantitative estimate of drug-likeness (QED) is 0.721. The van der Waals surface area contributed by atoms with Crippen LogP contribution in [0.3, 0.4) is 0 Å². The lowest BCUT2D eigenvalue weighted by atomic mass is 10.0. The van der Waals surface area contributed by atoms with Crippen LogP contribution in [0.15, 0.2) is 84.9 Å². The molecule has 0 saturated heterocycles. The van der Waals surface area contributed by atoms with Gasteiger partial charge in [-0.05, 0) is 28.8 Å². The minimum Gasteiger partial charge on any atom is -0.368 e. The Morgan fingerprint density at radius 3 is 1.88 bits per heavy atom. The summed E-state index contributed by atoms with van der Waals surface area (Å²) in [4.78, 5) is 24.2. The SMILES string of the molecule is NC(=O)[C@H](Cc1ccccc1)NC(=O)c1ccc(-c2ccccc2)cc1. The highest BCUT2D eigenvalue weighted by Gasteiger charge is 2.19. The second-order valence-electron chi connectivity index (χ2n) is 6.06. The van der Waals surface area contributed by atoms with Gasteiger partial charge in [0.15, 0.2) is 0 Å². The van der Waals surface area contributed by atoms with Crippen molar-refractivity contribution in [3.05, 3.63) is 96.1 Å². The van der Waals surface area contributed by atoms with Gasteiger partial charge >= 0.3 is 0 Å². The number of hydrogen-bond donors (Lipinski definition) is 2. The summed E-state index contributed by atoms with van der Waals surface area (Å²) in [6.07, 6.45) is 0.365. The van der Waals surface area contributed by atoms with E-state index in [9.17, 15) is 9.59 Å². The highest BCUT2D eigenvalue weighted by atomic mass is 16.2. The molecule has 0 radical (unpaired) electrons. The lowest BCUT2D eigenvalue weighted by Gasteiger charge is -2.16. The molecule has 0 aliphatic carbocycles. The lowest BCUT2D eigenvalue weighted by molar-refractivity contribution is -0.119. The van der Waals surface area contributed by atoms with E-state index in [4.69, 9.17) is 5.73 Å². The van der Waals surface area contributed by atoms with Gasteiger partial charge in [0, 0.05) is 12.0 Å². The Morgan fingerprint density at radius 1 is 0.769 bits per heavy atom. The molecule has 130 valence electrons. The van der Waals surface area contributed by atoms with E-state index in [1.165, 1.54) is 0 Å². The van der Waals surface area contributed by atoms with Gasteiger partial charge in [-0.3, -0.25) is 9.59 Å². The number of benzene rings is 3. The van der Waals surface area contributed by atoms with E-state index in [0.717, 1.165) is 16.7 Å². The largest absolute Gasteiger partial charge is 0.368 e. The predicted molar refractivity (Wildman–Crippen MR) is 102 cm³/mol. The molecule has 3 rings (SSSR count). The molecule has 3 aromatic rings. The van der Waals surface area contributed by atoms with Gasteiger partial charge in [0.25, 0.3) is 5.91 Å². The Bertz CT molecular complexity index is 875. The molecule has 0 aliphatic rings. The van der Waals surface area contributed by atoms with Crippen molar-refractivity contribution < 1.29 is 9.59 Å². The van der Waals surface area contributed by atoms with Crippen LogP contribution in [0.1, 0.15) is 15.9 Å². The molecule has 0 bridgehead atoms. The molecule has 0 unspecified atom stereocenters. The number of rotatable bonds is 6. The Balaban J connectivity index is 1.70. The van der Waals surface area contributed by atoms with Crippen molar-refractivity contribution in [2.45, 2.75) is 12.5 Å². The number of nitrogens with two attached hydrogens (primary N) is 1. The summed E-state index contributed by atoms with van der Waals surface area (Å²) in [5.41, 5.74) is 9.00. The molecule has 0 spiro atoms. The standard InChI is InChI=1S/C22H20N2O2/c23-21(25)20(15-16-7-3-1-4-8-16)24-22(26)19-13-11-18(12-14-19)17-9-5-2-6-10-17/h1-14,20H,15H2,(H2,23,25)(H,24,26)/t20-/m0/s1. The molecular weight excluding hydrogens is 324 g/mol. The molecule has 4 heteroatoms. The van der Waals surface area contributed by atoms with E-state index in [1.54, 1.807) is 12.1 Å². The van der Waals surface area contributed by atoms with Gasteiger partial charge < -0.3 is 11.1 Å². The monoisotopic (exact) mass is 344 g/mol. The molecule has 3 aromatic carbocycles. The minimum atomic E-state index is -0.751. The molecule has 26 heavy (non-hydrogen) atoms. The molecule has 0 aliphatic heterocycles. The average molecular weight is 344 g/mol. The Hall–Kier alpha value is -3.40. The van der Waals surface area contributed by atoms with E-state index in [0.29, 0.717) is 12.0 Å². The van der Waals surface area contributed by atoms with Crippen LogP contribution in [0.4, 0.5) is 0 Å². The van der Waals surface area contributed by atoms with Gasteiger partial charge in [0.1, 0.15) is 6.04 Å². The van der Waals surface area contributed by atoms with Crippen molar-refractivity contribution in [1.82, 2.24) is 5.32 Å². The van der Waals surface area contributed by atoms with Gasteiger partial charge in [-0.2, -0.15) is 0 Å². The molecule has 4 nitrogen and oxygen atoms in total. The summed E-state index contributed by atoms with van der Waals surface area (Å²) < 4.78 is 0. The minimum absolute atomic E-state index is 0.315. The van der Waals surface area contributed by atoms with Gasteiger partial charge in [0.2, 0.25) is 5.91 Å². The maximum atomic E-state index is 12.5. The molecule has 0 aromatic heterocycles. The molecule has 2 amide bonds. The van der Waals surface area contributed by atoms with E-state index in [-0.39, 0.29) is 5.91 Å². The molecule has 0 saturated carbocycles. The van der Waals surface area contributed by atoms with Crippen molar-refractivity contribution >= 4 is 11.8 Å². The maximum Gasteiger partial charge on any atom is 0.251 e. The molecular formula is C22H20N2O2. The zero-order valence-corrected chi connectivity index (χ0v) is 14.3. The Labute approximate surface area is 152 Å². The van der Waals surface area contributed by atoms with Crippen LogP contribution in [0.5, 0.6) is 0 Å². The van der Waals surface area contributed by atoms with Crippen LogP contribution in [-0.4, -0.2) is 17.9 Å². The topological polar surface area (TPSA) is 72.2 Å². The molecule has 1 atom stereocenters. The summed E-state index contributed by atoms with van der Waals surface area (Å²) in [7, 11) is 0. The second kappa shape index (κ2) is 8.12. The summed E-state index contributed by atoms with van der Waals surface area (Å²) in [6, 6.07) is 25.9. The zero-order chi connectivity index (χ0) is 18.4. The molecule has 0 heterocycles. The first kappa shape index (κ1) is 17.4. The smallest absolute Gasteiger partial charge is 0.251 e. The van der Waals surface area contributed by atoms with Gasteiger partial charge in [0.05, 0.1) is 0 Å². The van der Waals surface area contributed by atoms with Crippen LogP contribution in [0, 0.1) is 0 Å². The van der Waals surface area contributed by atoms with Crippen LogP contribution < -0.4 is 11.1 Å². The van der Waals surface area contributed by atoms with Crippen molar-refractivity contribution in [2.24, 2.45) is 5.73 Å². The van der Waals surface area contributed by atoms with Gasteiger partial charge in [-0.1, -0.05) is 72.8 Å². The normalized spacial score (nSPS) is 11.5. The number of primary amides is 1. The Kier molecular flexibility index (Phi) is 5.44. The van der Waals surface area contributed by atoms with Crippen LogP contribution in [0.2, 0.25) is 0 Å². The van der Waals surface area contributed by atoms with Crippen molar-refractivity contribution in [3.8, 4) is 11.1 Å². The number of hydrogen-bond acceptors (Lipinski definition) is 2. The fourth-order valence-electron chi connectivity index (χ4n) is 2.76. The summed E-state index contributed by atoms with van der Waals surface area (Å²) in [6.45, 7) is 0. The van der Waals surface area contributed by atoms with E-state index < -0.39 is 11.9 Å². The van der Waals surface area contributed by atoms with E-state index >= 15 is 0 Å². The predicted octanol–water partition coefficient (Wildman–Crippen LogP) is 3.18. The molecule has 0 fully saturated rings. The first-order valence-electron chi connectivity index (χ1n) is 8.43. The number of carbonyl (C=O) groups excluding carboxylic acids is 2. The average Bonchev–Trinajstić information content (AvgIpc) is 2.69. The fourth-order valence-corrected chi connectivity index (χ4v) is 2.76. The number of amides is 2. The van der Waals surface area contributed by atoms with E-state index in [2.05, 4.69) is 5.32 Å². The van der Waals surface area contributed by atoms with Gasteiger partial charge in [-0.25, -0.2) is 0 Å². The number of carbonyl (C=O) groups is 2. The summed E-state index contributed by atoms with van der Waals surface area (Å²) in [5, 5.41) is 2.73. The third-order valence-corrected chi connectivity index (χ3v) is 4.19. The lowest BCUT2D eigenvalue weighted by Crippen LogP contribution is -2.45. The number of nitrogens with one attached hydrogen (secondary N) is 1. The maximum absolute atomic E-state index is 12.5. The second-order valence-corrected chi connectivity index (χ2v) is 6.06. The van der Waals surface area contributed by atoms with Crippen molar-refractivity contribution in [1.29, 1.82) is 0 Å². The summed E-state index contributed by atoms with van der Waals surface area (Å²) in [5.74, 6) is -0.868. The van der Waals surface area contributed by atoms with Gasteiger partial charge in [-0.15, -0.1) is 0 Å². The Morgan fingerprint density at radius 2 is 1.31 bits per heavy atom. The van der Waals surface area contributed by atoms with Crippen molar-refractivity contribution in [3.63, 3.8) is 0 Å². The van der Waals surface area contributed by atoms with Crippen LogP contribution in [0.25, 0.3) is 11.1 Å². The first-order valence-corrected chi connectivity index (χ1v) is 8.43. The van der Waals surface area contributed by atoms with Crippen LogP contribution in [-0.2, 0) is 11.2 Å². The first-order chi connectivity index (χ1) is 12.6. The highest BCUT2D eigenvalue weighted by molar-refractivity contribution is 5.97. The third kappa shape index (κ3) is 4.36. The summed E-state index contributed by atoms with van der Waals surface area (Å²) >= 11 is 0. The van der Waals surface area contributed by atoms with E-state index in [1.807, 2.05) is 72.8 Å². The third-order valence-electron chi connectivity index (χ3n) is 4.19. The highest BCUT2D eigenvalue weighted by Crippen LogP contribution is 2.19. The van der Waals surface area contributed by atoms with Crippen LogP contribution >= 0.6 is 0 Å². The zero-order valence-electron chi connectivity index (χ0n) is 14.3. The van der Waals surface area contributed by atoms with Crippen molar-refractivity contribution in [2.75, 3.05) is 0 Å². The fraction of sp³-hybridized carbons (Fsp3) is 0.0909. The molecule has 3 N–H and O–H groups in total.